The molecule has 0 aliphatic heterocycles. The average molecular weight is 292 g/mol. The van der Waals surface area contributed by atoms with Gasteiger partial charge in [0.05, 0.1) is 5.56 Å². The summed E-state index contributed by atoms with van der Waals surface area (Å²) in [5, 5.41) is 9.06. The van der Waals surface area contributed by atoms with Gasteiger partial charge in [-0.15, -0.1) is 0 Å². The topological polar surface area (TPSA) is 67.5 Å². The molecule has 108 valence electrons. The minimum Gasteiger partial charge on any atom is -0.478 e. The zero-order chi connectivity index (χ0) is 15.1. The molecule has 0 fully saturated rings. The van der Waals surface area contributed by atoms with E-state index in [1.165, 1.54) is 0 Å². The molecule has 1 aliphatic rings. The first-order valence-corrected chi connectivity index (χ1v) is 6.32. The van der Waals surface area contributed by atoms with Crippen LogP contribution < -0.4 is 0 Å². The van der Waals surface area contributed by atoms with Crippen LogP contribution in [0.25, 0.3) is 0 Å². The number of furan rings is 1. The van der Waals surface area contributed by atoms with Gasteiger partial charge in [0.2, 0.25) is 0 Å². The van der Waals surface area contributed by atoms with Gasteiger partial charge in [-0.05, 0) is 24.6 Å². The Bertz CT molecular complexity index is 748. The van der Waals surface area contributed by atoms with Crippen LogP contribution >= 0.6 is 0 Å². The highest BCUT2D eigenvalue weighted by Crippen LogP contribution is 2.40. The molecule has 1 aromatic carbocycles. The maximum absolute atomic E-state index is 13.9. The second-order valence-electron chi connectivity index (χ2n) is 4.87. The average Bonchev–Trinajstić information content (AvgIpc) is 2.88. The van der Waals surface area contributed by atoms with Crippen molar-refractivity contribution in [2.45, 2.75) is 18.8 Å². The van der Waals surface area contributed by atoms with E-state index in [0.717, 1.165) is 24.5 Å². The van der Waals surface area contributed by atoms with E-state index in [0.29, 0.717) is 0 Å². The Morgan fingerprint density at radius 1 is 1.33 bits per heavy atom. The predicted molar refractivity (Wildman–Crippen MR) is 67.4 cm³/mol. The van der Waals surface area contributed by atoms with E-state index in [1.807, 2.05) is 0 Å². The lowest BCUT2D eigenvalue weighted by atomic mass is 9.81. The number of aromatic carboxylic acids is 1. The summed E-state index contributed by atoms with van der Waals surface area (Å²) < 4.78 is 32.4. The third-order valence-electron chi connectivity index (χ3n) is 3.64. The summed E-state index contributed by atoms with van der Waals surface area (Å²) in [7, 11) is 0. The summed E-state index contributed by atoms with van der Waals surface area (Å²) in [4.78, 5) is 23.0. The van der Waals surface area contributed by atoms with Gasteiger partial charge in [0, 0.05) is 17.9 Å². The second kappa shape index (κ2) is 4.80. The molecule has 2 aromatic rings. The number of benzene rings is 1. The van der Waals surface area contributed by atoms with Crippen molar-refractivity contribution < 1.29 is 27.9 Å². The smallest absolute Gasteiger partial charge is 0.339 e. The number of rotatable bonds is 2. The summed E-state index contributed by atoms with van der Waals surface area (Å²) in [6, 6.07) is 3.04. The van der Waals surface area contributed by atoms with Gasteiger partial charge in [0.25, 0.3) is 0 Å². The van der Waals surface area contributed by atoms with E-state index in [2.05, 4.69) is 0 Å². The van der Waals surface area contributed by atoms with Gasteiger partial charge in [-0.3, -0.25) is 4.79 Å². The van der Waals surface area contributed by atoms with Crippen LogP contribution in [0.1, 0.15) is 50.8 Å². The lowest BCUT2D eigenvalue weighted by Gasteiger charge is -2.21. The number of Topliss-reactive ketones (excluding diaryl/α,β-unsaturated/α-hetero) is 1. The summed E-state index contributed by atoms with van der Waals surface area (Å²) >= 11 is 0. The molecule has 1 aromatic heterocycles. The molecule has 0 saturated heterocycles. The van der Waals surface area contributed by atoms with Crippen LogP contribution in [0.5, 0.6) is 0 Å². The Kier molecular flexibility index (Phi) is 3.08. The van der Waals surface area contributed by atoms with Crippen molar-refractivity contribution in [1.82, 2.24) is 0 Å². The van der Waals surface area contributed by atoms with Crippen molar-refractivity contribution in [2.24, 2.45) is 0 Å². The zero-order valence-corrected chi connectivity index (χ0v) is 10.7. The molecule has 0 bridgehead atoms. The van der Waals surface area contributed by atoms with Gasteiger partial charge in [-0.25, -0.2) is 13.6 Å². The van der Waals surface area contributed by atoms with Crippen LogP contribution in [0.15, 0.2) is 28.9 Å². The van der Waals surface area contributed by atoms with Gasteiger partial charge in [-0.1, -0.05) is 0 Å². The summed E-state index contributed by atoms with van der Waals surface area (Å²) in [6.45, 7) is 0. The van der Waals surface area contributed by atoms with Crippen LogP contribution in [-0.2, 0) is 0 Å². The number of hydrogen-bond acceptors (Lipinski definition) is 3. The Morgan fingerprint density at radius 2 is 2.10 bits per heavy atom. The Morgan fingerprint density at radius 3 is 2.81 bits per heavy atom. The third-order valence-corrected chi connectivity index (χ3v) is 3.64. The van der Waals surface area contributed by atoms with E-state index in [1.54, 1.807) is 0 Å². The molecule has 1 N–H and O–H groups in total. The molecule has 4 nitrogen and oxygen atoms in total. The first kappa shape index (κ1) is 13.5. The summed E-state index contributed by atoms with van der Waals surface area (Å²) in [6.07, 6.45) is 1.28. The summed E-state index contributed by atoms with van der Waals surface area (Å²) in [5.41, 5.74) is -0.214. The molecule has 0 amide bonds. The SMILES string of the molecule is O=C(O)c1coc2c1C(=O)CC[C@@H]2c1cc(F)ccc1F. The van der Waals surface area contributed by atoms with Crippen LogP contribution in [-0.4, -0.2) is 16.9 Å². The number of ketones is 1. The normalized spacial score (nSPS) is 17.6. The molecule has 0 radical (unpaired) electrons. The minimum absolute atomic E-state index is 0.0394. The minimum atomic E-state index is -1.28. The Balaban J connectivity index is 2.16. The van der Waals surface area contributed by atoms with Crippen molar-refractivity contribution in [3.63, 3.8) is 0 Å². The number of carbonyl (C=O) groups excluding carboxylic acids is 1. The first-order valence-electron chi connectivity index (χ1n) is 6.32. The first-order chi connectivity index (χ1) is 9.99. The zero-order valence-electron chi connectivity index (χ0n) is 10.7. The van der Waals surface area contributed by atoms with Crippen LogP contribution in [0.2, 0.25) is 0 Å². The maximum Gasteiger partial charge on any atom is 0.339 e. The highest BCUT2D eigenvalue weighted by Gasteiger charge is 2.35. The van der Waals surface area contributed by atoms with E-state index in [4.69, 9.17) is 9.52 Å². The van der Waals surface area contributed by atoms with E-state index >= 15 is 0 Å². The van der Waals surface area contributed by atoms with Crippen molar-refractivity contribution in [3.05, 3.63) is 58.5 Å². The fraction of sp³-hybridized carbons (Fsp3) is 0.200. The Hall–Kier alpha value is -2.50. The fourth-order valence-corrected chi connectivity index (χ4v) is 2.68. The predicted octanol–water partition coefficient (Wildman–Crippen LogP) is 3.36. The number of carboxylic acid groups (broad SMARTS) is 1. The van der Waals surface area contributed by atoms with Gasteiger partial charge in [0.15, 0.2) is 5.78 Å². The van der Waals surface area contributed by atoms with Gasteiger partial charge in [0.1, 0.15) is 29.2 Å². The largest absolute Gasteiger partial charge is 0.478 e. The van der Waals surface area contributed by atoms with Gasteiger partial charge < -0.3 is 9.52 Å². The standard InChI is InChI=1S/C15H10F2O4/c16-7-1-3-11(17)9(5-7)8-2-4-12(18)13-10(15(19)20)6-21-14(8)13/h1,3,5-6,8H,2,4H2,(H,19,20)/t8-/m1/s1. The molecule has 6 heteroatoms. The van der Waals surface area contributed by atoms with Gasteiger partial charge in [-0.2, -0.15) is 0 Å². The second-order valence-corrected chi connectivity index (χ2v) is 4.87. The fourth-order valence-electron chi connectivity index (χ4n) is 2.68. The highest BCUT2D eigenvalue weighted by atomic mass is 19.1. The molecule has 0 spiro atoms. The van der Waals surface area contributed by atoms with Crippen LogP contribution in [0.4, 0.5) is 8.78 Å². The number of hydrogen-bond donors (Lipinski definition) is 1. The Labute approximate surface area is 118 Å². The van der Waals surface area contributed by atoms with Crippen molar-refractivity contribution in [2.75, 3.05) is 0 Å². The molecule has 1 heterocycles. The third kappa shape index (κ3) is 2.12. The molecular weight excluding hydrogens is 282 g/mol. The molecule has 1 aliphatic carbocycles. The van der Waals surface area contributed by atoms with E-state index in [9.17, 15) is 18.4 Å². The molecule has 3 rings (SSSR count). The quantitative estimate of drug-likeness (QED) is 0.921. The lowest BCUT2D eigenvalue weighted by molar-refractivity contribution is 0.0691. The van der Waals surface area contributed by atoms with Gasteiger partial charge >= 0.3 is 5.97 Å². The summed E-state index contributed by atoms with van der Waals surface area (Å²) in [5.74, 6) is -3.43. The molecule has 1 atom stereocenters. The molecular formula is C15H10F2O4. The van der Waals surface area contributed by atoms with Crippen molar-refractivity contribution in [1.29, 1.82) is 0 Å². The van der Waals surface area contributed by atoms with E-state index in [-0.39, 0.29) is 41.1 Å². The van der Waals surface area contributed by atoms with Crippen LogP contribution in [0, 0.1) is 11.6 Å². The van der Waals surface area contributed by atoms with Crippen molar-refractivity contribution in [3.8, 4) is 0 Å². The number of carbonyl (C=O) groups is 2. The number of carboxylic acids is 1. The monoisotopic (exact) mass is 292 g/mol. The number of fused-ring (bicyclic) bond motifs is 1. The molecule has 21 heavy (non-hydrogen) atoms. The molecule has 0 unspecified atom stereocenters. The van der Waals surface area contributed by atoms with Crippen LogP contribution in [0.3, 0.4) is 0 Å². The van der Waals surface area contributed by atoms with E-state index < -0.39 is 23.5 Å². The molecule has 0 saturated carbocycles. The lowest BCUT2D eigenvalue weighted by Crippen LogP contribution is -2.18. The number of halogens is 2. The highest BCUT2D eigenvalue weighted by molar-refractivity contribution is 6.07. The van der Waals surface area contributed by atoms with Crippen molar-refractivity contribution >= 4 is 11.8 Å². The maximum atomic E-state index is 13.9.